The van der Waals surface area contributed by atoms with Crippen molar-refractivity contribution >= 4 is 0 Å². The van der Waals surface area contributed by atoms with Gasteiger partial charge in [0, 0.05) is 12.8 Å². The lowest BCUT2D eigenvalue weighted by molar-refractivity contribution is -0.0811. The summed E-state index contributed by atoms with van der Waals surface area (Å²) < 4.78 is 29.9. The van der Waals surface area contributed by atoms with E-state index in [1.807, 2.05) is 42.5 Å². The number of hydrogen-bond donors (Lipinski definition) is 2. The van der Waals surface area contributed by atoms with Gasteiger partial charge in [0.05, 0.1) is 56.9 Å². The van der Waals surface area contributed by atoms with Crippen LogP contribution in [0.1, 0.15) is 64.4 Å². The predicted octanol–water partition coefficient (Wildman–Crippen LogP) is 5.85. The molecule has 1 saturated heterocycles. The molecule has 9 atom stereocenters. The summed E-state index contributed by atoms with van der Waals surface area (Å²) in [6.07, 6.45) is 17.2. The Morgan fingerprint density at radius 3 is 2.70 bits per heavy atom. The standard InChI is InChI=1S/C37H50O7/c1-6-8-30-9-7-10-32(43-30)21-26(3)19-27(4)22-33(38)37(39)36-23-35(42-24-28-11-13-29(40-5)14-12-28)34(44-36)16-15-31-20-25(2)17-18-41-31/h1,7,9,11-17,26,30-39H,4,8,10,18-24H2,2-3,5H3/b16-15+/t26-,30+,31+,32-,33-,34-,35-,36+,37-/m0/s1. The van der Waals surface area contributed by atoms with Crippen molar-refractivity contribution in [3.05, 3.63) is 77.9 Å². The zero-order chi connectivity index (χ0) is 31.5. The summed E-state index contributed by atoms with van der Waals surface area (Å²) in [4.78, 5) is 0. The maximum Gasteiger partial charge on any atom is 0.118 e. The molecule has 0 amide bonds. The van der Waals surface area contributed by atoms with Crippen molar-refractivity contribution in [3.8, 4) is 18.1 Å². The number of hydrogen-bond acceptors (Lipinski definition) is 7. The minimum absolute atomic E-state index is 0.0173. The van der Waals surface area contributed by atoms with E-state index in [1.165, 1.54) is 5.57 Å². The van der Waals surface area contributed by atoms with Gasteiger partial charge in [-0.25, -0.2) is 0 Å². The third kappa shape index (κ3) is 10.4. The van der Waals surface area contributed by atoms with Crippen molar-refractivity contribution in [2.75, 3.05) is 13.7 Å². The lowest BCUT2D eigenvalue weighted by Gasteiger charge is -2.28. The molecule has 3 aliphatic heterocycles. The molecule has 2 N–H and O–H groups in total. The van der Waals surface area contributed by atoms with Crippen molar-refractivity contribution < 1.29 is 33.9 Å². The molecule has 0 radical (unpaired) electrons. The van der Waals surface area contributed by atoms with Crippen LogP contribution in [-0.4, -0.2) is 72.8 Å². The molecule has 0 aromatic heterocycles. The van der Waals surface area contributed by atoms with Gasteiger partial charge >= 0.3 is 0 Å². The van der Waals surface area contributed by atoms with Gasteiger partial charge in [-0.1, -0.05) is 67.2 Å². The van der Waals surface area contributed by atoms with Crippen LogP contribution in [0.4, 0.5) is 0 Å². The molecule has 1 aromatic rings. The first-order chi connectivity index (χ1) is 21.2. The fourth-order valence-corrected chi connectivity index (χ4v) is 6.20. The predicted molar refractivity (Wildman–Crippen MR) is 172 cm³/mol. The van der Waals surface area contributed by atoms with E-state index in [9.17, 15) is 10.2 Å². The van der Waals surface area contributed by atoms with Crippen LogP contribution in [-0.2, 0) is 25.6 Å². The normalized spacial score (nSPS) is 29.1. The Morgan fingerprint density at radius 1 is 1.18 bits per heavy atom. The number of terminal acetylenes is 1. The van der Waals surface area contributed by atoms with Crippen molar-refractivity contribution in [1.82, 2.24) is 0 Å². The fraction of sp³-hybridized carbons (Fsp3) is 0.568. The van der Waals surface area contributed by atoms with Gasteiger partial charge in [-0.3, -0.25) is 0 Å². The van der Waals surface area contributed by atoms with Gasteiger partial charge in [-0.2, -0.15) is 0 Å². The van der Waals surface area contributed by atoms with E-state index in [2.05, 4.69) is 38.5 Å². The summed E-state index contributed by atoms with van der Waals surface area (Å²) in [7, 11) is 1.64. The molecule has 1 fully saturated rings. The van der Waals surface area contributed by atoms with Gasteiger partial charge in [0.15, 0.2) is 0 Å². The largest absolute Gasteiger partial charge is 0.497 e. The summed E-state index contributed by atoms with van der Waals surface area (Å²) in [5, 5.41) is 22.2. The molecule has 7 nitrogen and oxygen atoms in total. The van der Waals surface area contributed by atoms with Crippen molar-refractivity contribution in [3.63, 3.8) is 0 Å². The highest BCUT2D eigenvalue weighted by atomic mass is 16.6. The number of methoxy groups -OCH3 is 1. The van der Waals surface area contributed by atoms with Crippen LogP contribution in [0.5, 0.6) is 5.75 Å². The Morgan fingerprint density at radius 2 is 1.98 bits per heavy atom. The second-order valence-electron chi connectivity index (χ2n) is 12.5. The van der Waals surface area contributed by atoms with Crippen molar-refractivity contribution in [2.24, 2.45) is 5.92 Å². The van der Waals surface area contributed by atoms with Gasteiger partial charge in [0.25, 0.3) is 0 Å². The van der Waals surface area contributed by atoms with Gasteiger partial charge in [0.1, 0.15) is 18.0 Å². The molecule has 4 rings (SSSR count). The number of ether oxygens (including phenoxy) is 5. The van der Waals surface area contributed by atoms with E-state index in [0.29, 0.717) is 38.4 Å². The van der Waals surface area contributed by atoms with Crippen LogP contribution < -0.4 is 4.74 Å². The van der Waals surface area contributed by atoms with Crippen molar-refractivity contribution in [1.29, 1.82) is 0 Å². The molecule has 7 heteroatoms. The van der Waals surface area contributed by atoms with E-state index in [-0.39, 0.29) is 30.5 Å². The second kappa shape index (κ2) is 17.1. The molecule has 0 unspecified atom stereocenters. The average molecular weight is 607 g/mol. The SMILES string of the molecule is C#CC[C@@H]1C=CC[C@@H](C[C@@H](C)CC(=C)C[C@H](O)[C@H](O)[C@H]2C[C@H](OCc3ccc(OC)cc3)[C@H](/C=C/[C@@H]3CC(C)=CCO3)O2)O1. The Hall–Kier alpha value is -2.70. The van der Waals surface area contributed by atoms with Crippen LogP contribution in [0.2, 0.25) is 0 Å². The minimum Gasteiger partial charge on any atom is -0.497 e. The maximum atomic E-state index is 11.2. The van der Waals surface area contributed by atoms with E-state index in [4.69, 9.17) is 30.1 Å². The quantitative estimate of drug-likeness (QED) is 0.191. The molecule has 0 saturated carbocycles. The van der Waals surface area contributed by atoms with Crippen molar-refractivity contribution in [2.45, 2.75) is 114 Å². The molecule has 0 spiro atoms. The van der Waals surface area contributed by atoms with E-state index >= 15 is 0 Å². The van der Waals surface area contributed by atoms with Crippen LogP contribution in [0, 0.1) is 18.3 Å². The molecular weight excluding hydrogens is 556 g/mol. The van der Waals surface area contributed by atoms with Crippen LogP contribution in [0.15, 0.2) is 72.4 Å². The molecule has 0 aliphatic carbocycles. The molecule has 1 aromatic carbocycles. The first kappa shape index (κ1) is 34.2. The summed E-state index contributed by atoms with van der Waals surface area (Å²) in [6, 6.07) is 7.76. The highest BCUT2D eigenvalue weighted by Crippen LogP contribution is 2.31. The summed E-state index contributed by atoms with van der Waals surface area (Å²) in [6.45, 7) is 9.48. The van der Waals surface area contributed by atoms with E-state index < -0.39 is 18.3 Å². The average Bonchev–Trinajstić information content (AvgIpc) is 3.42. The van der Waals surface area contributed by atoms with E-state index in [0.717, 1.165) is 42.6 Å². The summed E-state index contributed by atoms with van der Waals surface area (Å²) in [5.41, 5.74) is 3.21. The zero-order valence-corrected chi connectivity index (χ0v) is 26.5. The van der Waals surface area contributed by atoms with Gasteiger partial charge < -0.3 is 33.9 Å². The van der Waals surface area contributed by atoms with Gasteiger partial charge in [0.2, 0.25) is 0 Å². The van der Waals surface area contributed by atoms with Gasteiger partial charge in [-0.15, -0.1) is 12.3 Å². The van der Waals surface area contributed by atoms with E-state index in [1.54, 1.807) is 7.11 Å². The number of benzene rings is 1. The number of rotatable bonds is 15. The third-order valence-corrected chi connectivity index (χ3v) is 8.58. The third-order valence-electron chi connectivity index (χ3n) is 8.58. The molecule has 3 aliphatic rings. The zero-order valence-electron chi connectivity index (χ0n) is 26.5. The van der Waals surface area contributed by atoms with Crippen LogP contribution in [0.3, 0.4) is 0 Å². The monoisotopic (exact) mass is 606 g/mol. The van der Waals surface area contributed by atoms with Crippen LogP contribution in [0.25, 0.3) is 0 Å². The number of aliphatic hydroxyl groups excluding tert-OH is 2. The van der Waals surface area contributed by atoms with Gasteiger partial charge in [-0.05, 0) is 62.6 Å². The fourth-order valence-electron chi connectivity index (χ4n) is 6.20. The number of aliphatic hydroxyl groups is 2. The molecule has 44 heavy (non-hydrogen) atoms. The topological polar surface area (TPSA) is 86.6 Å². The Labute approximate surface area is 263 Å². The first-order valence-corrected chi connectivity index (χ1v) is 15.9. The second-order valence-corrected chi connectivity index (χ2v) is 12.5. The summed E-state index contributed by atoms with van der Waals surface area (Å²) in [5.74, 6) is 3.78. The van der Waals surface area contributed by atoms with Crippen LogP contribution >= 0.6 is 0 Å². The first-order valence-electron chi connectivity index (χ1n) is 15.9. The highest BCUT2D eigenvalue weighted by molar-refractivity contribution is 5.26. The lowest BCUT2D eigenvalue weighted by atomic mass is 9.90. The molecule has 0 bridgehead atoms. The molecular formula is C37H50O7. The Balaban J connectivity index is 1.30. The summed E-state index contributed by atoms with van der Waals surface area (Å²) >= 11 is 0. The maximum absolute atomic E-state index is 11.2. The highest BCUT2D eigenvalue weighted by Gasteiger charge is 2.40. The molecule has 3 heterocycles. The Kier molecular flexibility index (Phi) is 13.3. The lowest BCUT2D eigenvalue weighted by Crippen LogP contribution is -2.37. The smallest absolute Gasteiger partial charge is 0.118 e. The Bertz CT molecular complexity index is 1180. The molecule has 240 valence electrons. The minimum atomic E-state index is -1.07.